The Balaban J connectivity index is 3.66. The third-order valence-corrected chi connectivity index (χ3v) is 6.22. The van der Waals surface area contributed by atoms with Crippen molar-refractivity contribution in [3.8, 4) is 0 Å². The summed E-state index contributed by atoms with van der Waals surface area (Å²) in [6.45, 7) is 4.24. The second kappa shape index (κ2) is 25.5. The molecule has 0 saturated carbocycles. The first-order chi connectivity index (χ1) is 16.2. The highest BCUT2D eigenvalue weighted by atomic mass is 16.3. The van der Waals surface area contributed by atoms with Gasteiger partial charge in [0.2, 0.25) is 5.91 Å². The van der Waals surface area contributed by atoms with Gasteiger partial charge < -0.3 is 15.5 Å². The molecule has 0 aliphatic carbocycles. The van der Waals surface area contributed by atoms with Crippen LogP contribution in [-0.2, 0) is 4.79 Å². The number of nitrogens with one attached hydrogen (secondary N) is 1. The number of hydrogen-bond donors (Lipinski definition) is 3. The second-order valence-electron chi connectivity index (χ2n) is 9.46. The van der Waals surface area contributed by atoms with E-state index >= 15 is 0 Å². The molecule has 4 heteroatoms. The van der Waals surface area contributed by atoms with Crippen molar-refractivity contribution in [2.45, 2.75) is 148 Å². The summed E-state index contributed by atoms with van der Waals surface area (Å²) in [6.07, 6.45) is 29.3. The molecule has 3 N–H and O–H groups in total. The lowest BCUT2D eigenvalue weighted by Crippen LogP contribution is -2.45. The van der Waals surface area contributed by atoms with Gasteiger partial charge in [-0.2, -0.15) is 0 Å². The molecule has 0 rings (SSSR count). The first kappa shape index (κ1) is 31.9. The Morgan fingerprint density at radius 2 is 1.27 bits per heavy atom. The summed E-state index contributed by atoms with van der Waals surface area (Å²) in [7, 11) is 0. The van der Waals surface area contributed by atoms with E-state index in [1.807, 2.05) is 0 Å². The molecule has 0 heterocycles. The van der Waals surface area contributed by atoms with Gasteiger partial charge in [-0.1, -0.05) is 115 Å². The Morgan fingerprint density at radius 3 is 1.91 bits per heavy atom. The molecule has 2 unspecified atom stereocenters. The van der Waals surface area contributed by atoms with Crippen LogP contribution in [0, 0.1) is 0 Å². The molecule has 0 aromatic heterocycles. The maximum absolute atomic E-state index is 12.2. The van der Waals surface area contributed by atoms with Gasteiger partial charge in [-0.15, -0.1) is 0 Å². The highest BCUT2D eigenvalue weighted by Crippen LogP contribution is 2.12. The van der Waals surface area contributed by atoms with Gasteiger partial charge in [0.1, 0.15) is 0 Å². The second-order valence-corrected chi connectivity index (χ2v) is 9.46. The minimum Gasteiger partial charge on any atom is -0.394 e. The average molecular weight is 466 g/mol. The molecular weight excluding hydrogens is 410 g/mol. The molecule has 0 aromatic carbocycles. The maximum Gasteiger partial charge on any atom is 0.220 e. The molecule has 33 heavy (non-hydrogen) atoms. The minimum absolute atomic E-state index is 0.0532. The SMILES string of the molecule is CCCC/C=C\C/C=C\CCCCCCCC(=O)NC(CO)C(O)CCCCCCCCC. The lowest BCUT2D eigenvalue weighted by molar-refractivity contribution is -0.123. The number of carbonyl (C=O) groups is 1. The Hall–Kier alpha value is -1.13. The zero-order valence-electron chi connectivity index (χ0n) is 21.9. The third-order valence-electron chi connectivity index (χ3n) is 6.22. The average Bonchev–Trinajstić information content (AvgIpc) is 2.82. The van der Waals surface area contributed by atoms with Crippen LogP contribution >= 0.6 is 0 Å². The fourth-order valence-electron chi connectivity index (χ4n) is 3.96. The molecule has 1 amide bonds. The smallest absolute Gasteiger partial charge is 0.220 e. The molecule has 2 atom stereocenters. The summed E-state index contributed by atoms with van der Waals surface area (Å²) in [5.74, 6) is -0.0532. The van der Waals surface area contributed by atoms with Crippen molar-refractivity contribution in [2.75, 3.05) is 6.61 Å². The largest absolute Gasteiger partial charge is 0.394 e. The van der Waals surface area contributed by atoms with E-state index in [0.29, 0.717) is 12.8 Å². The normalized spacial score (nSPS) is 13.7. The van der Waals surface area contributed by atoms with Crippen LogP contribution in [0.2, 0.25) is 0 Å². The molecular formula is C29H55NO3. The number of rotatable bonds is 24. The first-order valence-corrected chi connectivity index (χ1v) is 14.0. The van der Waals surface area contributed by atoms with Gasteiger partial charge in [0.25, 0.3) is 0 Å². The van der Waals surface area contributed by atoms with Crippen molar-refractivity contribution in [1.82, 2.24) is 5.32 Å². The van der Waals surface area contributed by atoms with Gasteiger partial charge in [0, 0.05) is 6.42 Å². The van der Waals surface area contributed by atoms with E-state index in [2.05, 4.69) is 43.5 Å². The lowest BCUT2D eigenvalue weighted by atomic mass is 10.0. The first-order valence-electron chi connectivity index (χ1n) is 14.0. The van der Waals surface area contributed by atoms with E-state index < -0.39 is 12.1 Å². The standard InChI is InChI=1S/C29H55NO3/c1-3-5-7-9-11-12-13-14-15-16-17-19-21-23-25-29(33)30-27(26-31)28(32)24-22-20-18-10-8-6-4-2/h9,11,13-14,27-28,31-32H,3-8,10,12,15-26H2,1-2H3,(H,30,33)/b11-9-,14-13-. The van der Waals surface area contributed by atoms with Gasteiger partial charge in [-0.05, 0) is 38.5 Å². The number of carbonyl (C=O) groups excluding carboxylic acids is 1. The summed E-state index contributed by atoms with van der Waals surface area (Å²) in [4.78, 5) is 12.2. The molecule has 0 aliphatic rings. The topological polar surface area (TPSA) is 69.6 Å². The van der Waals surface area contributed by atoms with Crippen LogP contribution in [0.1, 0.15) is 136 Å². The number of aliphatic hydroxyl groups excluding tert-OH is 2. The predicted octanol–water partition coefficient (Wildman–Crippen LogP) is 7.39. The van der Waals surface area contributed by atoms with Crippen LogP contribution in [0.4, 0.5) is 0 Å². The zero-order chi connectivity index (χ0) is 24.4. The molecule has 0 aliphatic heterocycles. The summed E-state index contributed by atoms with van der Waals surface area (Å²) < 4.78 is 0. The van der Waals surface area contributed by atoms with E-state index in [-0.39, 0.29) is 12.5 Å². The molecule has 0 radical (unpaired) electrons. The Labute approximate surface area is 205 Å². The fourth-order valence-corrected chi connectivity index (χ4v) is 3.96. The molecule has 4 nitrogen and oxygen atoms in total. The maximum atomic E-state index is 12.2. The van der Waals surface area contributed by atoms with Crippen molar-refractivity contribution in [3.05, 3.63) is 24.3 Å². The van der Waals surface area contributed by atoms with Gasteiger partial charge in [-0.3, -0.25) is 4.79 Å². The molecule has 0 spiro atoms. The van der Waals surface area contributed by atoms with E-state index in [4.69, 9.17) is 0 Å². The highest BCUT2D eigenvalue weighted by molar-refractivity contribution is 5.76. The van der Waals surface area contributed by atoms with Crippen molar-refractivity contribution in [1.29, 1.82) is 0 Å². The van der Waals surface area contributed by atoms with Crippen molar-refractivity contribution in [3.63, 3.8) is 0 Å². The van der Waals surface area contributed by atoms with Gasteiger partial charge in [-0.25, -0.2) is 0 Å². The predicted molar refractivity (Wildman–Crippen MR) is 142 cm³/mol. The lowest BCUT2D eigenvalue weighted by Gasteiger charge is -2.22. The number of hydrogen-bond acceptors (Lipinski definition) is 3. The quantitative estimate of drug-likeness (QED) is 0.103. The molecule has 0 fully saturated rings. The molecule has 194 valence electrons. The van der Waals surface area contributed by atoms with E-state index in [9.17, 15) is 15.0 Å². The monoisotopic (exact) mass is 465 g/mol. The van der Waals surface area contributed by atoms with E-state index in [1.54, 1.807) is 0 Å². The third kappa shape index (κ3) is 22.4. The van der Waals surface area contributed by atoms with E-state index in [0.717, 1.165) is 44.9 Å². The Kier molecular flexibility index (Phi) is 24.6. The summed E-state index contributed by atoms with van der Waals surface area (Å²) in [5.41, 5.74) is 0. The summed E-state index contributed by atoms with van der Waals surface area (Å²) in [5, 5.41) is 22.7. The van der Waals surface area contributed by atoms with Crippen molar-refractivity contribution in [2.24, 2.45) is 0 Å². The van der Waals surface area contributed by atoms with Crippen LogP contribution in [0.5, 0.6) is 0 Å². The van der Waals surface area contributed by atoms with Crippen LogP contribution in [0.15, 0.2) is 24.3 Å². The Bertz CT molecular complexity index is 475. The number of aliphatic hydroxyl groups is 2. The van der Waals surface area contributed by atoms with Gasteiger partial charge in [0.15, 0.2) is 0 Å². The van der Waals surface area contributed by atoms with Crippen LogP contribution in [-0.4, -0.2) is 34.9 Å². The summed E-state index contributed by atoms with van der Waals surface area (Å²) in [6, 6.07) is -0.536. The number of amides is 1. The van der Waals surface area contributed by atoms with Gasteiger partial charge in [0.05, 0.1) is 18.8 Å². The molecule has 0 saturated heterocycles. The Morgan fingerprint density at radius 1 is 0.727 bits per heavy atom. The van der Waals surface area contributed by atoms with Gasteiger partial charge >= 0.3 is 0 Å². The molecule has 0 aromatic rings. The highest BCUT2D eigenvalue weighted by Gasteiger charge is 2.19. The minimum atomic E-state index is -0.658. The molecule has 0 bridgehead atoms. The van der Waals surface area contributed by atoms with Crippen molar-refractivity contribution >= 4 is 5.91 Å². The fraction of sp³-hybridized carbons (Fsp3) is 0.828. The van der Waals surface area contributed by atoms with Crippen LogP contribution in [0.3, 0.4) is 0 Å². The van der Waals surface area contributed by atoms with Crippen LogP contribution < -0.4 is 5.32 Å². The number of unbranched alkanes of at least 4 members (excludes halogenated alkanes) is 13. The zero-order valence-corrected chi connectivity index (χ0v) is 21.9. The van der Waals surface area contributed by atoms with E-state index in [1.165, 1.54) is 64.2 Å². The number of allylic oxidation sites excluding steroid dienone is 4. The van der Waals surface area contributed by atoms with Crippen LogP contribution in [0.25, 0.3) is 0 Å². The van der Waals surface area contributed by atoms with Crippen molar-refractivity contribution < 1.29 is 15.0 Å². The summed E-state index contributed by atoms with van der Waals surface area (Å²) >= 11 is 0.